The average molecular weight is 265 g/mol. The van der Waals surface area contributed by atoms with E-state index in [-0.39, 0.29) is 0 Å². The van der Waals surface area contributed by atoms with Gasteiger partial charge in [-0.15, -0.1) is 0 Å². The second-order valence-electron chi connectivity index (χ2n) is 5.66. The lowest BCUT2D eigenvalue weighted by molar-refractivity contribution is 0.329. The first-order chi connectivity index (χ1) is 9.78. The van der Waals surface area contributed by atoms with Crippen LogP contribution in [0.25, 0.3) is 11.1 Å². The van der Waals surface area contributed by atoms with E-state index in [4.69, 9.17) is 0 Å². The molecule has 0 atom stereocenters. The van der Waals surface area contributed by atoms with E-state index in [0.717, 1.165) is 16.7 Å². The van der Waals surface area contributed by atoms with Crippen molar-refractivity contribution >= 4 is 0 Å². The maximum atomic E-state index is 9.25. The third kappa shape index (κ3) is 2.46. The SMILES string of the molecule is Cc1ccc(C#N)c(-c2cnn(C3CCCCC3)c2)c1. The molecule has 1 aromatic carbocycles. The molecule has 0 spiro atoms. The van der Waals surface area contributed by atoms with Gasteiger partial charge in [0.25, 0.3) is 0 Å². The van der Waals surface area contributed by atoms with Crippen LogP contribution in [0.15, 0.2) is 30.6 Å². The van der Waals surface area contributed by atoms with Crippen LogP contribution in [0.2, 0.25) is 0 Å². The lowest BCUT2D eigenvalue weighted by atomic mass is 9.95. The molecule has 3 nitrogen and oxygen atoms in total. The number of aromatic nitrogens is 2. The molecule has 1 fully saturated rings. The second-order valence-corrected chi connectivity index (χ2v) is 5.66. The monoisotopic (exact) mass is 265 g/mol. The molecule has 0 bridgehead atoms. The molecular formula is C17H19N3. The number of benzene rings is 1. The molecule has 0 radical (unpaired) electrons. The number of aryl methyl sites for hydroxylation is 1. The number of nitriles is 1. The fraction of sp³-hybridized carbons (Fsp3) is 0.412. The first-order valence-electron chi connectivity index (χ1n) is 7.33. The number of hydrogen-bond donors (Lipinski definition) is 0. The molecule has 102 valence electrons. The van der Waals surface area contributed by atoms with Crippen molar-refractivity contribution in [2.45, 2.75) is 45.1 Å². The standard InChI is InChI=1S/C17H19N3/c1-13-7-8-14(10-18)17(9-13)15-11-19-20(12-15)16-5-3-2-4-6-16/h7-9,11-12,16H,2-6H2,1H3. The summed E-state index contributed by atoms with van der Waals surface area (Å²) < 4.78 is 2.10. The van der Waals surface area contributed by atoms with Crippen LogP contribution in [-0.4, -0.2) is 9.78 Å². The van der Waals surface area contributed by atoms with Gasteiger partial charge in [-0.1, -0.05) is 30.9 Å². The molecular weight excluding hydrogens is 246 g/mol. The van der Waals surface area contributed by atoms with E-state index in [1.54, 1.807) is 0 Å². The first-order valence-corrected chi connectivity index (χ1v) is 7.33. The Balaban J connectivity index is 1.94. The zero-order valence-corrected chi connectivity index (χ0v) is 11.8. The maximum absolute atomic E-state index is 9.25. The predicted molar refractivity (Wildman–Crippen MR) is 79.2 cm³/mol. The predicted octanol–water partition coefficient (Wildman–Crippen LogP) is 4.24. The van der Waals surface area contributed by atoms with Gasteiger partial charge in [-0.2, -0.15) is 10.4 Å². The van der Waals surface area contributed by atoms with Crippen LogP contribution in [0.4, 0.5) is 0 Å². The molecule has 1 heterocycles. The lowest BCUT2D eigenvalue weighted by Crippen LogP contribution is -2.12. The topological polar surface area (TPSA) is 41.6 Å². The highest BCUT2D eigenvalue weighted by Gasteiger charge is 2.17. The van der Waals surface area contributed by atoms with Crippen LogP contribution >= 0.6 is 0 Å². The third-order valence-corrected chi connectivity index (χ3v) is 4.16. The van der Waals surface area contributed by atoms with E-state index in [0.29, 0.717) is 6.04 Å². The van der Waals surface area contributed by atoms with Gasteiger partial charge in [-0.05, 0) is 31.9 Å². The summed E-state index contributed by atoms with van der Waals surface area (Å²) in [5.74, 6) is 0. The number of rotatable bonds is 2. The van der Waals surface area contributed by atoms with Crippen molar-refractivity contribution in [3.63, 3.8) is 0 Å². The van der Waals surface area contributed by atoms with Crippen molar-refractivity contribution in [3.8, 4) is 17.2 Å². The quantitative estimate of drug-likeness (QED) is 0.815. The molecule has 0 saturated heterocycles. The largest absolute Gasteiger partial charge is 0.269 e. The molecule has 1 aliphatic carbocycles. The van der Waals surface area contributed by atoms with Gasteiger partial charge in [0.2, 0.25) is 0 Å². The van der Waals surface area contributed by atoms with Crippen molar-refractivity contribution in [3.05, 3.63) is 41.7 Å². The summed E-state index contributed by atoms with van der Waals surface area (Å²) in [5.41, 5.74) is 3.94. The number of nitrogens with zero attached hydrogens (tertiary/aromatic N) is 3. The zero-order chi connectivity index (χ0) is 13.9. The summed E-state index contributed by atoms with van der Waals surface area (Å²) >= 11 is 0. The Labute approximate surface area is 119 Å². The molecule has 1 aromatic heterocycles. The van der Waals surface area contributed by atoms with Gasteiger partial charge >= 0.3 is 0 Å². The number of hydrogen-bond acceptors (Lipinski definition) is 2. The minimum Gasteiger partial charge on any atom is -0.269 e. The summed E-state index contributed by atoms with van der Waals surface area (Å²) in [5, 5.41) is 13.8. The van der Waals surface area contributed by atoms with Crippen LogP contribution in [0, 0.1) is 18.3 Å². The van der Waals surface area contributed by atoms with Crippen LogP contribution in [0.5, 0.6) is 0 Å². The van der Waals surface area contributed by atoms with E-state index in [1.807, 2.05) is 18.3 Å². The fourth-order valence-corrected chi connectivity index (χ4v) is 3.02. The first kappa shape index (κ1) is 12.9. The van der Waals surface area contributed by atoms with Crippen LogP contribution in [0.1, 0.15) is 49.3 Å². The molecule has 0 amide bonds. The molecule has 1 aliphatic rings. The molecule has 0 aliphatic heterocycles. The average Bonchev–Trinajstić information content (AvgIpc) is 2.98. The van der Waals surface area contributed by atoms with Crippen LogP contribution < -0.4 is 0 Å². The molecule has 3 rings (SSSR count). The van der Waals surface area contributed by atoms with Gasteiger partial charge in [-0.3, -0.25) is 4.68 Å². The van der Waals surface area contributed by atoms with Gasteiger partial charge < -0.3 is 0 Å². The highest BCUT2D eigenvalue weighted by molar-refractivity contribution is 5.70. The lowest BCUT2D eigenvalue weighted by Gasteiger charge is -2.21. The van der Waals surface area contributed by atoms with Crippen LogP contribution in [0.3, 0.4) is 0 Å². The van der Waals surface area contributed by atoms with E-state index in [9.17, 15) is 5.26 Å². The van der Waals surface area contributed by atoms with Gasteiger partial charge in [0.15, 0.2) is 0 Å². The fourth-order valence-electron chi connectivity index (χ4n) is 3.02. The van der Waals surface area contributed by atoms with Crippen LogP contribution in [-0.2, 0) is 0 Å². The van der Waals surface area contributed by atoms with Crippen molar-refractivity contribution in [2.75, 3.05) is 0 Å². The normalized spacial score (nSPS) is 16.0. The minimum atomic E-state index is 0.535. The van der Waals surface area contributed by atoms with Gasteiger partial charge in [-0.25, -0.2) is 0 Å². The summed E-state index contributed by atoms with van der Waals surface area (Å²) in [4.78, 5) is 0. The van der Waals surface area contributed by atoms with E-state index in [1.165, 1.54) is 37.7 Å². The summed E-state index contributed by atoms with van der Waals surface area (Å²) in [7, 11) is 0. The summed E-state index contributed by atoms with van der Waals surface area (Å²) in [6.07, 6.45) is 10.4. The Kier molecular flexibility index (Phi) is 3.56. The van der Waals surface area contributed by atoms with Crippen molar-refractivity contribution in [1.29, 1.82) is 5.26 Å². The minimum absolute atomic E-state index is 0.535. The molecule has 0 unspecified atom stereocenters. The van der Waals surface area contributed by atoms with Crippen molar-refractivity contribution < 1.29 is 0 Å². The van der Waals surface area contributed by atoms with Crippen molar-refractivity contribution in [2.24, 2.45) is 0 Å². The Morgan fingerprint density at radius 2 is 2.05 bits per heavy atom. The van der Waals surface area contributed by atoms with Gasteiger partial charge in [0.1, 0.15) is 0 Å². The summed E-state index contributed by atoms with van der Waals surface area (Å²) in [6.45, 7) is 2.05. The Bertz CT molecular complexity index is 642. The van der Waals surface area contributed by atoms with E-state index >= 15 is 0 Å². The summed E-state index contributed by atoms with van der Waals surface area (Å²) in [6, 6.07) is 8.75. The van der Waals surface area contributed by atoms with Gasteiger partial charge in [0, 0.05) is 17.3 Å². The Morgan fingerprint density at radius 1 is 1.25 bits per heavy atom. The molecule has 2 aromatic rings. The highest BCUT2D eigenvalue weighted by Crippen LogP contribution is 2.30. The third-order valence-electron chi connectivity index (χ3n) is 4.16. The highest BCUT2D eigenvalue weighted by atomic mass is 15.3. The van der Waals surface area contributed by atoms with E-state index in [2.05, 4.69) is 35.0 Å². The molecule has 3 heteroatoms. The molecule has 1 saturated carbocycles. The Morgan fingerprint density at radius 3 is 2.80 bits per heavy atom. The maximum Gasteiger partial charge on any atom is 0.0998 e. The van der Waals surface area contributed by atoms with Gasteiger partial charge in [0.05, 0.1) is 23.9 Å². The zero-order valence-electron chi connectivity index (χ0n) is 11.8. The smallest absolute Gasteiger partial charge is 0.0998 e. The van der Waals surface area contributed by atoms with E-state index < -0.39 is 0 Å². The molecule has 0 N–H and O–H groups in total. The second kappa shape index (κ2) is 5.50. The van der Waals surface area contributed by atoms with Crippen molar-refractivity contribution in [1.82, 2.24) is 9.78 Å². The Hall–Kier alpha value is -2.08. The molecule has 20 heavy (non-hydrogen) atoms.